The Balaban J connectivity index is 0.00000220. The van der Waals surface area contributed by atoms with Crippen LogP contribution in [-0.2, 0) is 9.59 Å². The quantitative estimate of drug-likeness (QED) is 0.717. The van der Waals surface area contributed by atoms with Crippen molar-refractivity contribution >= 4 is 36.6 Å². The van der Waals surface area contributed by atoms with E-state index in [9.17, 15) is 9.59 Å². The molecule has 0 radical (unpaired) electrons. The molecule has 1 unspecified atom stereocenters. The van der Waals surface area contributed by atoms with Crippen LogP contribution in [0.2, 0.25) is 0 Å². The summed E-state index contributed by atoms with van der Waals surface area (Å²) in [5.41, 5.74) is 0. The van der Waals surface area contributed by atoms with E-state index < -0.39 is 0 Å². The van der Waals surface area contributed by atoms with Crippen molar-refractivity contribution in [1.82, 2.24) is 20.4 Å². The molecule has 2 amide bonds. The Hall–Kier alpha value is -0.560. The van der Waals surface area contributed by atoms with E-state index in [0.29, 0.717) is 12.5 Å². The number of nitrogens with one attached hydrogen (secondary N) is 2. The predicted molar refractivity (Wildman–Crippen MR) is 91.8 cm³/mol. The van der Waals surface area contributed by atoms with E-state index in [4.69, 9.17) is 0 Å². The van der Waals surface area contributed by atoms with Crippen LogP contribution in [0.3, 0.4) is 0 Å². The van der Waals surface area contributed by atoms with Gasteiger partial charge in [-0.15, -0.1) is 24.8 Å². The average Bonchev–Trinajstić information content (AvgIpc) is 3.28. The zero-order chi connectivity index (χ0) is 14.5. The number of carbonyl (C=O) groups excluding carboxylic acids is 2. The molecule has 1 aliphatic heterocycles. The van der Waals surface area contributed by atoms with E-state index in [1.807, 2.05) is 18.9 Å². The number of nitrogens with zero attached hydrogens (tertiary/aromatic N) is 2. The molecule has 2 N–H and O–H groups in total. The van der Waals surface area contributed by atoms with Gasteiger partial charge < -0.3 is 15.5 Å². The second-order valence-corrected chi connectivity index (χ2v) is 5.73. The largest absolute Gasteiger partial charge is 0.352 e. The molecule has 1 atom stereocenters. The van der Waals surface area contributed by atoms with Gasteiger partial charge in [0.15, 0.2) is 0 Å². The molecule has 0 spiro atoms. The number of piperazine rings is 1. The van der Waals surface area contributed by atoms with Gasteiger partial charge in [0.1, 0.15) is 0 Å². The van der Waals surface area contributed by atoms with Crippen LogP contribution in [-0.4, -0.2) is 73.5 Å². The molecule has 1 aliphatic carbocycles. The van der Waals surface area contributed by atoms with Gasteiger partial charge >= 0.3 is 0 Å². The number of rotatable bonds is 6. The lowest BCUT2D eigenvalue weighted by Crippen LogP contribution is -2.55. The highest BCUT2D eigenvalue weighted by Gasteiger charge is 2.30. The van der Waals surface area contributed by atoms with E-state index in [-0.39, 0.29) is 42.7 Å². The molecule has 0 bridgehead atoms. The lowest BCUT2D eigenvalue weighted by atomic mass is 10.2. The minimum Gasteiger partial charge on any atom is -0.352 e. The van der Waals surface area contributed by atoms with E-state index in [0.717, 1.165) is 45.6 Å². The van der Waals surface area contributed by atoms with Crippen LogP contribution in [0.1, 0.15) is 26.2 Å². The SMILES string of the molecule is CNCCC(=O)N1CCN(C(C)C(=O)NC2CC2)CC1.Cl.Cl. The number of hydrogen-bond acceptors (Lipinski definition) is 4. The zero-order valence-corrected chi connectivity index (χ0v) is 15.0. The van der Waals surface area contributed by atoms with Crippen molar-refractivity contribution in [3.63, 3.8) is 0 Å². The highest BCUT2D eigenvalue weighted by Crippen LogP contribution is 2.19. The fraction of sp³-hybridized carbons (Fsp3) is 0.857. The summed E-state index contributed by atoms with van der Waals surface area (Å²) in [6, 6.07) is 0.319. The summed E-state index contributed by atoms with van der Waals surface area (Å²) in [4.78, 5) is 28.0. The molecular formula is C14H28Cl2N4O2. The molecule has 130 valence electrons. The van der Waals surface area contributed by atoms with Crippen LogP contribution in [0.25, 0.3) is 0 Å². The average molecular weight is 355 g/mol. The first-order valence-corrected chi connectivity index (χ1v) is 7.58. The summed E-state index contributed by atoms with van der Waals surface area (Å²) < 4.78 is 0. The van der Waals surface area contributed by atoms with Crippen molar-refractivity contribution in [1.29, 1.82) is 0 Å². The first kappa shape index (κ1) is 21.4. The van der Waals surface area contributed by atoms with Crippen LogP contribution in [0.5, 0.6) is 0 Å². The van der Waals surface area contributed by atoms with Gasteiger partial charge in [-0.1, -0.05) is 0 Å². The topological polar surface area (TPSA) is 64.7 Å². The van der Waals surface area contributed by atoms with Crippen molar-refractivity contribution in [3.8, 4) is 0 Å². The molecule has 1 heterocycles. The van der Waals surface area contributed by atoms with Gasteiger partial charge in [-0.3, -0.25) is 14.5 Å². The van der Waals surface area contributed by atoms with Crippen molar-refractivity contribution in [2.45, 2.75) is 38.3 Å². The summed E-state index contributed by atoms with van der Waals surface area (Å²) in [5.74, 6) is 0.330. The lowest BCUT2D eigenvalue weighted by molar-refractivity contribution is -0.134. The van der Waals surface area contributed by atoms with Crippen molar-refractivity contribution in [3.05, 3.63) is 0 Å². The van der Waals surface area contributed by atoms with Gasteiger partial charge in [0.25, 0.3) is 0 Å². The highest BCUT2D eigenvalue weighted by molar-refractivity contribution is 5.85. The van der Waals surface area contributed by atoms with Gasteiger partial charge in [0.2, 0.25) is 11.8 Å². The van der Waals surface area contributed by atoms with Crippen LogP contribution in [0.4, 0.5) is 0 Å². The number of hydrogen-bond donors (Lipinski definition) is 2. The monoisotopic (exact) mass is 354 g/mol. The van der Waals surface area contributed by atoms with Crippen LogP contribution >= 0.6 is 24.8 Å². The minimum absolute atomic E-state index is 0. The molecule has 1 saturated heterocycles. The molecule has 6 nitrogen and oxygen atoms in total. The Morgan fingerprint density at radius 1 is 1.14 bits per heavy atom. The molecule has 1 saturated carbocycles. The first-order valence-electron chi connectivity index (χ1n) is 7.58. The fourth-order valence-corrected chi connectivity index (χ4v) is 2.46. The van der Waals surface area contributed by atoms with Crippen molar-refractivity contribution < 1.29 is 9.59 Å². The summed E-state index contributed by atoms with van der Waals surface area (Å²) in [7, 11) is 1.85. The van der Waals surface area contributed by atoms with Crippen LogP contribution in [0.15, 0.2) is 0 Å². The normalized spacial score (nSPS) is 19.6. The molecule has 8 heteroatoms. The van der Waals surface area contributed by atoms with Crippen LogP contribution < -0.4 is 10.6 Å². The lowest BCUT2D eigenvalue weighted by Gasteiger charge is -2.37. The Bertz CT molecular complexity index is 359. The van der Waals surface area contributed by atoms with E-state index in [1.54, 1.807) is 0 Å². The maximum Gasteiger partial charge on any atom is 0.237 e. The Morgan fingerprint density at radius 2 is 1.73 bits per heavy atom. The van der Waals surface area contributed by atoms with Gasteiger partial charge in [0.05, 0.1) is 6.04 Å². The summed E-state index contributed by atoms with van der Waals surface area (Å²) in [6.07, 6.45) is 2.78. The Labute approximate surface area is 145 Å². The molecule has 2 aliphatic rings. The maximum atomic E-state index is 12.0. The van der Waals surface area contributed by atoms with E-state index in [2.05, 4.69) is 15.5 Å². The molecular weight excluding hydrogens is 327 g/mol. The zero-order valence-electron chi connectivity index (χ0n) is 13.3. The summed E-state index contributed by atoms with van der Waals surface area (Å²) in [6.45, 7) is 5.69. The molecule has 0 aromatic rings. The third-order valence-electron chi connectivity index (χ3n) is 4.11. The third-order valence-corrected chi connectivity index (χ3v) is 4.11. The number of amides is 2. The van der Waals surface area contributed by atoms with Gasteiger partial charge in [-0.05, 0) is 26.8 Å². The van der Waals surface area contributed by atoms with Crippen molar-refractivity contribution in [2.75, 3.05) is 39.8 Å². The van der Waals surface area contributed by atoms with E-state index >= 15 is 0 Å². The fourth-order valence-electron chi connectivity index (χ4n) is 2.46. The predicted octanol–water partition coefficient (Wildman–Crippen LogP) is 0.251. The molecule has 2 fully saturated rings. The smallest absolute Gasteiger partial charge is 0.237 e. The second-order valence-electron chi connectivity index (χ2n) is 5.73. The molecule has 0 aromatic heterocycles. The van der Waals surface area contributed by atoms with Gasteiger partial charge in [0, 0.05) is 45.2 Å². The summed E-state index contributed by atoms with van der Waals surface area (Å²) >= 11 is 0. The summed E-state index contributed by atoms with van der Waals surface area (Å²) in [5, 5.41) is 6.04. The number of carbonyl (C=O) groups is 2. The van der Waals surface area contributed by atoms with Gasteiger partial charge in [-0.25, -0.2) is 0 Å². The maximum absolute atomic E-state index is 12.0. The molecule has 0 aromatic carbocycles. The highest BCUT2D eigenvalue weighted by atomic mass is 35.5. The van der Waals surface area contributed by atoms with E-state index in [1.165, 1.54) is 0 Å². The Morgan fingerprint density at radius 3 is 2.23 bits per heavy atom. The van der Waals surface area contributed by atoms with Crippen molar-refractivity contribution in [2.24, 2.45) is 0 Å². The standard InChI is InChI=1S/C14H26N4O2.2ClH/c1-11(14(20)16-12-3-4-12)17-7-9-18(10-8-17)13(19)5-6-15-2;;/h11-12,15H,3-10H2,1-2H3,(H,16,20);2*1H. The number of halogens is 2. The minimum atomic E-state index is -0.0924. The second kappa shape index (κ2) is 10.3. The molecule has 2 rings (SSSR count). The first-order chi connectivity index (χ1) is 9.61. The van der Waals surface area contributed by atoms with Crippen LogP contribution in [0, 0.1) is 0 Å². The van der Waals surface area contributed by atoms with Gasteiger partial charge in [-0.2, -0.15) is 0 Å². The molecule has 22 heavy (non-hydrogen) atoms. The third kappa shape index (κ3) is 6.28. The Kier molecular flexibility index (Phi) is 10.00.